The molecule has 1 aliphatic rings. The van der Waals surface area contributed by atoms with Gasteiger partial charge in [-0.05, 0) is 67.6 Å². The highest BCUT2D eigenvalue weighted by atomic mass is 19.1. The lowest BCUT2D eigenvalue weighted by atomic mass is 9.87. The van der Waals surface area contributed by atoms with Crippen molar-refractivity contribution < 1.29 is 19.1 Å². The molecule has 0 amide bonds. The first-order valence-corrected chi connectivity index (χ1v) is 10.4. The molecule has 1 fully saturated rings. The van der Waals surface area contributed by atoms with Crippen LogP contribution in [0.2, 0.25) is 0 Å². The van der Waals surface area contributed by atoms with E-state index in [4.69, 9.17) is 4.84 Å². The average Bonchev–Trinajstić information content (AvgIpc) is 2.72. The Labute approximate surface area is 177 Å². The molecule has 160 valence electrons. The number of hydrogen-bond donors (Lipinski definition) is 1. The fourth-order valence-corrected chi connectivity index (χ4v) is 4.04. The molecule has 3 rings (SSSR count). The Bertz CT molecular complexity index is 900. The molecule has 6 heteroatoms. The lowest BCUT2D eigenvalue weighted by Crippen LogP contribution is -2.40. The fraction of sp³-hybridized carbons (Fsp3) is 0.417. The number of hydrogen-bond acceptors (Lipinski definition) is 4. The number of carboxylic acids is 1. The first-order chi connectivity index (χ1) is 14.5. The minimum atomic E-state index is -0.727. The SMILES string of the molecule is Cc1ccccc1C(/C=N/OCCN1CCCC(C(=O)O)C1)c1ccc(F)cc1C. The van der Waals surface area contributed by atoms with Crippen molar-refractivity contribution in [2.75, 3.05) is 26.2 Å². The van der Waals surface area contributed by atoms with Gasteiger partial charge in [0, 0.05) is 19.0 Å². The third kappa shape index (κ3) is 5.66. The van der Waals surface area contributed by atoms with Crippen molar-refractivity contribution in [3.05, 3.63) is 70.5 Å². The molecule has 0 saturated carbocycles. The lowest BCUT2D eigenvalue weighted by molar-refractivity contribution is -0.143. The van der Waals surface area contributed by atoms with Crippen molar-refractivity contribution in [2.24, 2.45) is 11.1 Å². The summed E-state index contributed by atoms with van der Waals surface area (Å²) in [5.74, 6) is -1.42. The fourth-order valence-electron chi connectivity index (χ4n) is 4.04. The Kier molecular flexibility index (Phi) is 7.57. The number of rotatable bonds is 8. The number of likely N-dealkylation sites (tertiary alicyclic amines) is 1. The molecule has 2 unspecified atom stereocenters. The van der Waals surface area contributed by atoms with Gasteiger partial charge in [0.15, 0.2) is 0 Å². The summed E-state index contributed by atoms with van der Waals surface area (Å²) < 4.78 is 13.6. The summed E-state index contributed by atoms with van der Waals surface area (Å²) in [6.45, 7) is 6.43. The molecule has 5 nitrogen and oxygen atoms in total. The van der Waals surface area contributed by atoms with Gasteiger partial charge in [0.05, 0.1) is 12.1 Å². The third-order valence-corrected chi connectivity index (χ3v) is 5.73. The van der Waals surface area contributed by atoms with Gasteiger partial charge in [-0.3, -0.25) is 9.69 Å². The van der Waals surface area contributed by atoms with Crippen LogP contribution in [0, 0.1) is 25.6 Å². The van der Waals surface area contributed by atoms with Crippen molar-refractivity contribution in [3.8, 4) is 0 Å². The van der Waals surface area contributed by atoms with E-state index in [1.54, 1.807) is 12.3 Å². The summed E-state index contributed by atoms with van der Waals surface area (Å²) in [5, 5.41) is 13.4. The molecule has 0 radical (unpaired) electrons. The summed E-state index contributed by atoms with van der Waals surface area (Å²) >= 11 is 0. The number of aliphatic carboxylic acids is 1. The predicted octanol–water partition coefficient (Wildman–Crippen LogP) is 4.37. The molecule has 0 bridgehead atoms. The second-order valence-electron chi connectivity index (χ2n) is 7.90. The molecule has 1 heterocycles. The molecule has 0 aliphatic carbocycles. The van der Waals surface area contributed by atoms with Gasteiger partial charge >= 0.3 is 5.97 Å². The van der Waals surface area contributed by atoms with Gasteiger partial charge in [0.25, 0.3) is 0 Å². The highest BCUT2D eigenvalue weighted by Crippen LogP contribution is 2.28. The zero-order valence-electron chi connectivity index (χ0n) is 17.6. The smallest absolute Gasteiger partial charge is 0.307 e. The van der Waals surface area contributed by atoms with Crippen LogP contribution < -0.4 is 0 Å². The Morgan fingerprint density at radius 2 is 2.03 bits per heavy atom. The van der Waals surface area contributed by atoms with Gasteiger partial charge < -0.3 is 9.94 Å². The Balaban J connectivity index is 1.66. The quantitative estimate of drug-likeness (QED) is 0.397. The number of halogens is 1. The lowest BCUT2D eigenvalue weighted by Gasteiger charge is -2.29. The van der Waals surface area contributed by atoms with Crippen LogP contribution in [0.5, 0.6) is 0 Å². The normalized spacial score (nSPS) is 18.4. The minimum absolute atomic E-state index is 0.141. The van der Waals surface area contributed by atoms with E-state index in [-0.39, 0.29) is 17.7 Å². The molecule has 0 spiro atoms. The van der Waals surface area contributed by atoms with E-state index in [0.29, 0.717) is 19.7 Å². The van der Waals surface area contributed by atoms with Crippen LogP contribution in [0.15, 0.2) is 47.6 Å². The van der Waals surface area contributed by atoms with Gasteiger partial charge in [0.1, 0.15) is 12.4 Å². The monoisotopic (exact) mass is 412 g/mol. The number of carboxylic acid groups (broad SMARTS) is 1. The van der Waals surface area contributed by atoms with Crippen LogP contribution >= 0.6 is 0 Å². The summed E-state index contributed by atoms with van der Waals surface area (Å²) in [6.07, 6.45) is 3.39. The Hall–Kier alpha value is -2.73. The number of aryl methyl sites for hydroxylation is 2. The van der Waals surface area contributed by atoms with E-state index in [1.807, 2.05) is 32.0 Å². The molecule has 0 aromatic heterocycles. The maximum absolute atomic E-state index is 13.6. The Morgan fingerprint density at radius 1 is 1.27 bits per heavy atom. The average molecular weight is 413 g/mol. The molecule has 1 N–H and O–H groups in total. The summed E-state index contributed by atoms with van der Waals surface area (Å²) in [4.78, 5) is 18.8. The van der Waals surface area contributed by atoms with Gasteiger partial charge in [-0.2, -0.15) is 0 Å². The van der Waals surface area contributed by atoms with Crippen LogP contribution in [0.3, 0.4) is 0 Å². The van der Waals surface area contributed by atoms with Crippen LogP contribution in [-0.4, -0.2) is 48.4 Å². The maximum atomic E-state index is 13.6. The van der Waals surface area contributed by atoms with E-state index in [0.717, 1.165) is 41.6 Å². The van der Waals surface area contributed by atoms with E-state index in [1.165, 1.54) is 12.1 Å². The van der Waals surface area contributed by atoms with E-state index >= 15 is 0 Å². The topological polar surface area (TPSA) is 62.1 Å². The summed E-state index contributed by atoms with van der Waals surface area (Å²) in [7, 11) is 0. The summed E-state index contributed by atoms with van der Waals surface area (Å²) in [6, 6.07) is 12.9. The van der Waals surface area contributed by atoms with Gasteiger partial charge in [-0.1, -0.05) is 35.5 Å². The Morgan fingerprint density at radius 3 is 2.77 bits per heavy atom. The van der Waals surface area contributed by atoms with Crippen LogP contribution in [-0.2, 0) is 9.63 Å². The zero-order valence-corrected chi connectivity index (χ0v) is 17.6. The van der Waals surface area contributed by atoms with E-state index in [2.05, 4.69) is 16.1 Å². The van der Waals surface area contributed by atoms with Crippen molar-refractivity contribution in [1.82, 2.24) is 4.90 Å². The van der Waals surface area contributed by atoms with Crippen LogP contribution in [0.25, 0.3) is 0 Å². The van der Waals surface area contributed by atoms with Crippen molar-refractivity contribution in [2.45, 2.75) is 32.6 Å². The largest absolute Gasteiger partial charge is 0.481 e. The summed E-state index contributed by atoms with van der Waals surface area (Å²) in [5.41, 5.74) is 4.08. The van der Waals surface area contributed by atoms with Gasteiger partial charge in [-0.25, -0.2) is 4.39 Å². The molecule has 2 atom stereocenters. The zero-order chi connectivity index (χ0) is 21.5. The van der Waals surface area contributed by atoms with Crippen LogP contribution in [0.4, 0.5) is 4.39 Å². The number of oxime groups is 1. The standard InChI is InChI=1S/C24H29FN2O3/c1-17-6-3-4-8-21(17)23(22-10-9-20(25)14-18(22)2)15-26-30-13-12-27-11-5-7-19(16-27)24(28)29/h3-4,6,8-10,14-15,19,23H,5,7,11-13,16H2,1-2H3,(H,28,29)/b26-15+. The first kappa shape index (κ1) is 22.0. The predicted molar refractivity (Wildman–Crippen MR) is 115 cm³/mol. The minimum Gasteiger partial charge on any atom is -0.481 e. The number of piperidine rings is 1. The maximum Gasteiger partial charge on any atom is 0.307 e. The van der Waals surface area contributed by atoms with Gasteiger partial charge in [0.2, 0.25) is 0 Å². The number of carbonyl (C=O) groups is 1. The molecule has 2 aromatic carbocycles. The molecule has 1 saturated heterocycles. The number of nitrogens with zero attached hydrogens (tertiary/aromatic N) is 2. The molecule has 1 aliphatic heterocycles. The second kappa shape index (κ2) is 10.3. The van der Waals surface area contributed by atoms with Crippen molar-refractivity contribution >= 4 is 12.2 Å². The van der Waals surface area contributed by atoms with E-state index in [9.17, 15) is 14.3 Å². The molecular formula is C24H29FN2O3. The van der Waals surface area contributed by atoms with Gasteiger partial charge in [-0.15, -0.1) is 0 Å². The van der Waals surface area contributed by atoms with Crippen molar-refractivity contribution in [1.29, 1.82) is 0 Å². The third-order valence-electron chi connectivity index (χ3n) is 5.73. The van der Waals surface area contributed by atoms with E-state index < -0.39 is 5.97 Å². The van der Waals surface area contributed by atoms with Crippen LogP contribution in [0.1, 0.15) is 41.0 Å². The molecular weight excluding hydrogens is 383 g/mol. The highest BCUT2D eigenvalue weighted by Gasteiger charge is 2.25. The molecule has 2 aromatic rings. The molecule has 30 heavy (non-hydrogen) atoms. The highest BCUT2D eigenvalue weighted by molar-refractivity contribution is 5.74. The first-order valence-electron chi connectivity index (χ1n) is 10.4. The van der Waals surface area contributed by atoms with Crippen molar-refractivity contribution in [3.63, 3.8) is 0 Å². The number of benzene rings is 2. The second-order valence-corrected chi connectivity index (χ2v) is 7.90.